The van der Waals surface area contributed by atoms with Crippen LogP contribution in [-0.4, -0.2) is 0 Å². The highest BCUT2D eigenvalue weighted by Crippen LogP contribution is 2.22. The fourth-order valence-electron chi connectivity index (χ4n) is 1.85. The van der Waals surface area contributed by atoms with Crippen LogP contribution in [0, 0.1) is 6.92 Å². The van der Waals surface area contributed by atoms with Crippen LogP contribution in [0.1, 0.15) is 50.2 Å². The number of allylic oxidation sites excluding steroid dienone is 1. The maximum absolute atomic E-state index is 3.94. The monoisotopic (exact) mass is 202 g/mol. The van der Waals surface area contributed by atoms with E-state index in [1.165, 1.54) is 29.5 Å². The van der Waals surface area contributed by atoms with Gasteiger partial charge in [0.1, 0.15) is 0 Å². The van der Waals surface area contributed by atoms with Gasteiger partial charge in [-0.1, -0.05) is 42.3 Å². The predicted octanol–water partition coefficient (Wildman–Crippen LogP) is 4.84. The average molecular weight is 202 g/mol. The quantitative estimate of drug-likeness (QED) is 0.599. The van der Waals surface area contributed by atoms with E-state index in [4.69, 9.17) is 0 Å². The van der Waals surface area contributed by atoms with Crippen LogP contribution in [0.15, 0.2) is 36.4 Å². The van der Waals surface area contributed by atoms with Gasteiger partial charge in [0.2, 0.25) is 0 Å². The summed E-state index contributed by atoms with van der Waals surface area (Å²) in [7, 11) is 0. The molecule has 0 aliphatic heterocycles. The third-order valence-corrected chi connectivity index (χ3v) is 2.85. The van der Waals surface area contributed by atoms with Gasteiger partial charge in [-0.15, -0.1) is 6.58 Å². The lowest BCUT2D eigenvalue weighted by molar-refractivity contribution is 0.632. The van der Waals surface area contributed by atoms with Crippen molar-refractivity contribution in [3.63, 3.8) is 0 Å². The van der Waals surface area contributed by atoms with Crippen molar-refractivity contribution in [1.29, 1.82) is 0 Å². The van der Waals surface area contributed by atoms with Gasteiger partial charge < -0.3 is 0 Å². The van der Waals surface area contributed by atoms with Gasteiger partial charge in [0, 0.05) is 0 Å². The molecule has 0 aliphatic rings. The first-order valence-electron chi connectivity index (χ1n) is 5.80. The zero-order chi connectivity index (χ0) is 11.3. The Kier molecular flexibility index (Phi) is 4.61. The molecule has 0 radical (unpaired) electrons. The Morgan fingerprint density at radius 1 is 1.40 bits per heavy atom. The van der Waals surface area contributed by atoms with Crippen LogP contribution < -0.4 is 0 Å². The Bertz CT molecular complexity index is 323. The molecule has 1 unspecified atom stereocenters. The molecule has 0 saturated carbocycles. The Balaban J connectivity index is 2.46. The molecule has 0 saturated heterocycles. The van der Waals surface area contributed by atoms with Gasteiger partial charge in [-0.2, -0.15) is 0 Å². The molecule has 0 fully saturated rings. The first-order chi connectivity index (χ1) is 7.09. The van der Waals surface area contributed by atoms with Crippen molar-refractivity contribution in [2.45, 2.75) is 46.0 Å². The second-order valence-electron chi connectivity index (χ2n) is 4.66. The number of hydrogen-bond acceptors (Lipinski definition) is 0. The third kappa shape index (κ3) is 4.33. The van der Waals surface area contributed by atoms with E-state index in [0.717, 1.165) is 6.42 Å². The molecule has 82 valence electrons. The number of aryl methyl sites for hydroxylation is 1. The van der Waals surface area contributed by atoms with E-state index >= 15 is 0 Å². The first kappa shape index (κ1) is 12.0. The molecule has 0 bridgehead atoms. The minimum absolute atomic E-state index is 0.671. The van der Waals surface area contributed by atoms with Crippen molar-refractivity contribution >= 4 is 0 Å². The van der Waals surface area contributed by atoms with Crippen LogP contribution in [0.4, 0.5) is 0 Å². The summed E-state index contributed by atoms with van der Waals surface area (Å²) in [5.41, 5.74) is 4.13. The van der Waals surface area contributed by atoms with Crippen molar-refractivity contribution in [2.24, 2.45) is 0 Å². The predicted molar refractivity (Wildman–Crippen MR) is 68.3 cm³/mol. The van der Waals surface area contributed by atoms with E-state index < -0.39 is 0 Å². The van der Waals surface area contributed by atoms with Crippen LogP contribution >= 0.6 is 0 Å². The Morgan fingerprint density at radius 3 is 2.73 bits per heavy atom. The molecule has 1 aromatic carbocycles. The highest BCUT2D eigenvalue weighted by atomic mass is 14.1. The molecule has 0 heterocycles. The van der Waals surface area contributed by atoms with Crippen molar-refractivity contribution in [1.82, 2.24) is 0 Å². The Hall–Kier alpha value is -1.04. The third-order valence-electron chi connectivity index (χ3n) is 2.85. The summed E-state index contributed by atoms with van der Waals surface area (Å²) in [6.45, 7) is 10.5. The zero-order valence-corrected chi connectivity index (χ0v) is 10.2. The molecule has 0 N–H and O–H groups in total. The van der Waals surface area contributed by atoms with E-state index in [2.05, 4.69) is 51.6 Å². The smallest absolute Gasteiger partial charge is 0.0190 e. The van der Waals surface area contributed by atoms with E-state index in [1.54, 1.807) is 0 Å². The minimum Gasteiger partial charge on any atom is -0.100 e. The number of hydrogen-bond donors (Lipinski definition) is 0. The van der Waals surface area contributed by atoms with Crippen molar-refractivity contribution in [3.05, 3.63) is 47.5 Å². The molecule has 0 spiro atoms. The Labute approximate surface area is 94.0 Å². The lowest BCUT2D eigenvalue weighted by Crippen LogP contribution is -1.94. The molecule has 1 aromatic rings. The van der Waals surface area contributed by atoms with E-state index in [9.17, 15) is 0 Å². The average Bonchev–Trinajstić information content (AvgIpc) is 2.17. The molecule has 0 aliphatic carbocycles. The zero-order valence-electron chi connectivity index (χ0n) is 10.2. The summed E-state index contributed by atoms with van der Waals surface area (Å²) in [6, 6.07) is 8.84. The summed E-state index contributed by atoms with van der Waals surface area (Å²) in [5, 5.41) is 0. The van der Waals surface area contributed by atoms with Crippen LogP contribution in [0.2, 0.25) is 0 Å². The maximum Gasteiger partial charge on any atom is -0.0190 e. The van der Waals surface area contributed by atoms with Crippen molar-refractivity contribution in [2.75, 3.05) is 0 Å². The number of benzene rings is 1. The topological polar surface area (TPSA) is 0 Å². The van der Waals surface area contributed by atoms with E-state index in [0.29, 0.717) is 5.92 Å². The van der Waals surface area contributed by atoms with Crippen LogP contribution in [0.5, 0.6) is 0 Å². The SMILES string of the molecule is C=C(C)CCCC(C)c1cccc(C)c1. The van der Waals surface area contributed by atoms with Gasteiger partial charge in [-0.3, -0.25) is 0 Å². The molecule has 1 rings (SSSR count). The standard InChI is InChI=1S/C15H22/c1-12(2)7-5-9-14(4)15-10-6-8-13(3)11-15/h6,8,10-11,14H,1,5,7,9H2,2-4H3. The lowest BCUT2D eigenvalue weighted by Gasteiger charge is -2.12. The van der Waals surface area contributed by atoms with E-state index in [1.807, 2.05) is 0 Å². The second kappa shape index (κ2) is 5.75. The highest BCUT2D eigenvalue weighted by molar-refractivity contribution is 5.24. The fourth-order valence-corrected chi connectivity index (χ4v) is 1.85. The van der Waals surface area contributed by atoms with Crippen LogP contribution in [0.25, 0.3) is 0 Å². The second-order valence-corrected chi connectivity index (χ2v) is 4.66. The largest absolute Gasteiger partial charge is 0.100 e. The normalized spacial score (nSPS) is 12.5. The van der Waals surface area contributed by atoms with Gasteiger partial charge in [0.15, 0.2) is 0 Å². The van der Waals surface area contributed by atoms with Crippen LogP contribution in [-0.2, 0) is 0 Å². The van der Waals surface area contributed by atoms with E-state index in [-0.39, 0.29) is 0 Å². The summed E-state index contributed by atoms with van der Waals surface area (Å²) in [5.74, 6) is 0.671. The van der Waals surface area contributed by atoms with Crippen molar-refractivity contribution in [3.8, 4) is 0 Å². The summed E-state index contributed by atoms with van der Waals surface area (Å²) in [6.07, 6.45) is 3.68. The molecule has 0 nitrogen and oxygen atoms in total. The van der Waals surface area contributed by atoms with Gasteiger partial charge in [0.05, 0.1) is 0 Å². The highest BCUT2D eigenvalue weighted by Gasteiger charge is 2.04. The van der Waals surface area contributed by atoms with Gasteiger partial charge >= 0.3 is 0 Å². The first-order valence-corrected chi connectivity index (χ1v) is 5.80. The molecule has 1 atom stereocenters. The lowest BCUT2D eigenvalue weighted by atomic mass is 9.94. The molecular weight excluding hydrogens is 180 g/mol. The van der Waals surface area contributed by atoms with Crippen molar-refractivity contribution < 1.29 is 0 Å². The number of rotatable bonds is 5. The van der Waals surface area contributed by atoms with Crippen LogP contribution in [0.3, 0.4) is 0 Å². The minimum atomic E-state index is 0.671. The fraction of sp³-hybridized carbons (Fsp3) is 0.467. The molecular formula is C15H22. The van der Waals surface area contributed by atoms with Gasteiger partial charge in [-0.05, 0) is 44.6 Å². The summed E-state index contributed by atoms with van der Waals surface area (Å²) in [4.78, 5) is 0. The molecule has 15 heavy (non-hydrogen) atoms. The summed E-state index contributed by atoms with van der Waals surface area (Å²) >= 11 is 0. The molecule has 0 amide bonds. The molecule has 0 heteroatoms. The maximum atomic E-state index is 3.94. The van der Waals surface area contributed by atoms with Gasteiger partial charge in [-0.25, -0.2) is 0 Å². The van der Waals surface area contributed by atoms with Gasteiger partial charge in [0.25, 0.3) is 0 Å². The summed E-state index contributed by atoms with van der Waals surface area (Å²) < 4.78 is 0. The Morgan fingerprint density at radius 2 is 2.13 bits per heavy atom. The molecule has 0 aromatic heterocycles.